The molecule has 0 aliphatic carbocycles. The van der Waals surface area contributed by atoms with E-state index in [-0.39, 0.29) is 5.54 Å². The molecule has 1 heterocycles. The molecule has 0 aliphatic heterocycles. The molecule has 0 atom stereocenters. The number of aldehydes is 1. The predicted molar refractivity (Wildman–Crippen MR) is 58.5 cm³/mol. The molecule has 86 valence electrons. The van der Waals surface area contributed by atoms with Crippen LogP contribution in [0.15, 0.2) is 18.3 Å². The molecule has 1 aromatic heterocycles. The van der Waals surface area contributed by atoms with Crippen molar-refractivity contribution in [1.82, 2.24) is 10.3 Å². The molecular weight excluding hydrogens is 208 g/mol. The topological polar surface area (TPSA) is 68.3 Å². The first-order valence-electron chi connectivity index (χ1n) is 4.82. The van der Waals surface area contributed by atoms with Crippen LogP contribution in [0.4, 0.5) is 4.79 Å². The lowest BCUT2D eigenvalue weighted by molar-refractivity contribution is 0.111. The molecule has 1 N–H and O–H groups in total. The summed E-state index contributed by atoms with van der Waals surface area (Å²) in [6.45, 7) is 5.55. The second-order valence-electron chi connectivity index (χ2n) is 4.30. The standard InChI is InChI=1S/C11H14N2O3/c1-11(2,3)13-10(15)16-9-5-4-8(7-14)12-6-9/h4-7H,1-3H3,(H,13,15). The smallest absolute Gasteiger partial charge is 0.409 e. The Balaban J connectivity index is 2.59. The van der Waals surface area contributed by atoms with Crippen LogP contribution < -0.4 is 10.1 Å². The van der Waals surface area contributed by atoms with Gasteiger partial charge >= 0.3 is 6.09 Å². The van der Waals surface area contributed by atoms with Gasteiger partial charge in [0, 0.05) is 5.54 Å². The third kappa shape index (κ3) is 4.08. The fraction of sp³-hybridized carbons (Fsp3) is 0.364. The lowest BCUT2D eigenvalue weighted by atomic mass is 10.1. The minimum Gasteiger partial charge on any atom is -0.409 e. The van der Waals surface area contributed by atoms with Crippen molar-refractivity contribution in [2.45, 2.75) is 26.3 Å². The molecule has 0 spiro atoms. The third-order valence-corrected chi connectivity index (χ3v) is 1.57. The van der Waals surface area contributed by atoms with E-state index in [1.165, 1.54) is 18.3 Å². The first kappa shape index (κ1) is 12.2. The van der Waals surface area contributed by atoms with Crippen LogP contribution in [-0.2, 0) is 0 Å². The molecule has 1 aromatic rings. The molecule has 0 aromatic carbocycles. The number of pyridine rings is 1. The second kappa shape index (κ2) is 4.74. The average molecular weight is 222 g/mol. The van der Waals surface area contributed by atoms with Gasteiger partial charge in [-0.25, -0.2) is 9.78 Å². The van der Waals surface area contributed by atoms with Gasteiger partial charge < -0.3 is 10.1 Å². The molecule has 0 fully saturated rings. The maximum absolute atomic E-state index is 11.4. The number of carbonyl (C=O) groups is 2. The fourth-order valence-electron chi connectivity index (χ4n) is 0.961. The van der Waals surface area contributed by atoms with E-state index in [2.05, 4.69) is 10.3 Å². The Hall–Kier alpha value is -1.91. The number of nitrogens with one attached hydrogen (secondary N) is 1. The number of hydrogen-bond acceptors (Lipinski definition) is 4. The van der Waals surface area contributed by atoms with Crippen LogP contribution in [0.25, 0.3) is 0 Å². The summed E-state index contributed by atoms with van der Waals surface area (Å²) < 4.78 is 4.96. The summed E-state index contributed by atoms with van der Waals surface area (Å²) in [7, 11) is 0. The van der Waals surface area contributed by atoms with Gasteiger partial charge in [0.2, 0.25) is 0 Å². The van der Waals surface area contributed by atoms with Crippen LogP contribution in [0.3, 0.4) is 0 Å². The Kier molecular flexibility index (Phi) is 3.60. The van der Waals surface area contributed by atoms with Crippen molar-refractivity contribution >= 4 is 12.4 Å². The Labute approximate surface area is 93.8 Å². The molecule has 0 unspecified atom stereocenters. The highest BCUT2D eigenvalue weighted by atomic mass is 16.6. The zero-order chi connectivity index (χ0) is 12.2. The van der Waals surface area contributed by atoms with Crippen LogP contribution in [0.5, 0.6) is 5.75 Å². The van der Waals surface area contributed by atoms with E-state index in [1.54, 1.807) is 0 Å². The minimum absolute atomic E-state index is 0.295. The number of nitrogens with zero attached hydrogens (tertiary/aromatic N) is 1. The van der Waals surface area contributed by atoms with Gasteiger partial charge in [-0.05, 0) is 32.9 Å². The molecule has 1 rings (SSSR count). The van der Waals surface area contributed by atoms with Gasteiger partial charge in [-0.2, -0.15) is 0 Å². The lowest BCUT2D eigenvalue weighted by Gasteiger charge is -2.19. The number of hydrogen-bond donors (Lipinski definition) is 1. The van der Waals surface area contributed by atoms with Crippen LogP contribution in [0.2, 0.25) is 0 Å². The summed E-state index contributed by atoms with van der Waals surface area (Å²) in [4.78, 5) is 25.5. The summed E-state index contributed by atoms with van der Waals surface area (Å²) >= 11 is 0. The van der Waals surface area contributed by atoms with Crippen LogP contribution >= 0.6 is 0 Å². The largest absolute Gasteiger partial charge is 0.413 e. The highest BCUT2D eigenvalue weighted by Crippen LogP contribution is 2.09. The molecule has 0 saturated heterocycles. The monoisotopic (exact) mass is 222 g/mol. The van der Waals surface area contributed by atoms with Gasteiger partial charge in [-0.15, -0.1) is 0 Å². The number of rotatable bonds is 2. The van der Waals surface area contributed by atoms with Gasteiger partial charge in [-0.3, -0.25) is 4.79 Å². The van der Waals surface area contributed by atoms with E-state index < -0.39 is 6.09 Å². The first-order chi connectivity index (χ1) is 7.40. The zero-order valence-electron chi connectivity index (χ0n) is 9.48. The van der Waals surface area contributed by atoms with Crippen molar-refractivity contribution in [3.05, 3.63) is 24.0 Å². The summed E-state index contributed by atoms with van der Waals surface area (Å²) in [6, 6.07) is 2.99. The SMILES string of the molecule is CC(C)(C)NC(=O)Oc1ccc(C=O)nc1. The van der Waals surface area contributed by atoms with E-state index in [9.17, 15) is 9.59 Å². The van der Waals surface area contributed by atoms with Crippen molar-refractivity contribution in [2.24, 2.45) is 0 Å². The highest BCUT2D eigenvalue weighted by molar-refractivity contribution is 5.73. The van der Waals surface area contributed by atoms with Crippen molar-refractivity contribution < 1.29 is 14.3 Å². The first-order valence-corrected chi connectivity index (χ1v) is 4.82. The second-order valence-corrected chi connectivity index (χ2v) is 4.30. The Morgan fingerprint density at radius 1 is 1.44 bits per heavy atom. The molecule has 5 nitrogen and oxygen atoms in total. The van der Waals surface area contributed by atoms with Gasteiger partial charge in [0.05, 0.1) is 6.20 Å². The molecule has 0 bridgehead atoms. The Bertz CT molecular complexity index is 379. The molecule has 1 amide bonds. The normalized spacial score (nSPS) is 10.7. The van der Waals surface area contributed by atoms with Crippen molar-refractivity contribution in [2.75, 3.05) is 0 Å². The maximum atomic E-state index is 11.4. The number of amides is 1. The van der Waals surface area contributed by atoms with Crippen molar-refractivity contribution in [1.29, 1.82) is 0 Å². The van der Waals surface area contributed by atoms with Crippen LogP contribution in [-0.4, -0.2) is 22.9 Å². The quantitative estimate of drug-likeness (QED) is 0.774. The van der Waals surface area contributed by atoms with E-state index >= 15 is 0 Å². The summed E-state index contributed by atoms with van der Waals surface area (Å²) in [5.74, 6) is 0.298. The zero-order valence-corrected chi connectivity index (χ0v) is 9.48. The van der Waals surface area contributed by atoms with E-state index in [4.69, 9.17) is 4.74 Å². The van der Waals surface area contributed by atoms with Crippen LogP contribution in [0.1, 0.15) is 31.3 Å². The van der Waals surface area contributed by atoms with Gasteiger partial charge in [0.15, 0.2) is 12.0 Å². The highest BCUT2D eigenvalue weighted by Gasteiger charge is 2.15. The van der Waals surface area contributed by atoms with Crippen molar-refractivity contribution in [3.63, 3.8) is 0 Å². The summed E-state index contributed by atoms with van der Waals surface area (Å²) in [5, 5.41) is 2.64. The number of carbonyl (C=O) groups excluding carboxylic acids is 2. The molecular formula is C11H14N2O3. The predicted octanol–water partition coefficient (Wildman–Crippen LogP) is 1.78. The third-order valence-electron chi connectivity index (χ3n) is 1.57. The molecule has 0 saturated carbocycles. The van der Waals surface area contributed by atoms with Gasteiger partial charge in [0.1, 0.15) is 5.69 Å². The number of aromatic nitrogens is 1. The Morgan fingerprint density at radius 3 is 2.56 bits per heavy atom. The van der Waals surface area contributed by atoms with Gasteiger partial charge in [0.25, 0.3) is 0 Å². The summed E-state index contributed by atoms with van der Waals surface area (Å²) in [6.07, 6.45) is 1.40. The molecule has 5 heteroatoms. The van der Waals surface area contributed by atoms with E-state index in [0.717, 1.165) is 0 Å². The van der Waals surface area contributed by atoms with E-state index in [0.29, 0.717) is 17.7 Å². The fourth-order valence-corrected chi connectivity index (χ4v) is 0.961. The molecule has 0 radical (unpaired) electrons. The summed E-state index contributed by atoms with van der Waals surface area (Å²) in [5.41, 5.74) is -0.0589. The lowest BCUT2D eigenvalue weighted by Crippen LogP contribution is -2.42. The average Bonchev–Trinajstić information content (AvgIpc) is 2.16. The Morgan fingerprint density at radius 2 is 2.12 bits per heavy atom. The minimum atomic E-state index is -0.548. The maximum Gasteiger partial charge on any atom is 0.413 e. The van der Waals surface area contributed by atoms with Crippen molar-refractivity contribution in [3.8, 4) is 5.75 Å². The van der Waals surface area contributed by atoms with E-state index in [1.807, 2.05) is 20.8 Å². The molecule has 16 heavy (non-hydrogen) atoms. The van der Waals surface area contributed by atoms with Crippen LogP contribution in [0, 0.1) is 0 Å². The van der Waals surface area contributed by atoms with Gasteiger partial charge in [-0.1, -0.05) is 0 Å². The number of ether oxygens (including phenoxy) is 1. The molecule has 0 aliphatic rings.